The van der Waals surface area contributed by atoms with Crippen LogP contribution in [0.1, 0.15) is 26.2 Å². The summed E-state index contributed by atoms with van der Waals surface area (Å²) >= 11 is 4.96. The molecule has 96 valence electrons. The molecule has 0 aromatic rings. The highest BCUT2D eigenvalue weighted by atomic mass is 32.1. The monoisotopic (exact) mass is 255 g/mol. The minimum atomic E-state index is -0.266. The third-order valence-corrected chi connectivity index (χ3v) is 4.02. The zero-order chi connectivity index (χ0) is 12.4. The van der Waals surface area contributed by atoms with Gasteiger partial charge in [-0.15, -0.1) is 0 Å². The summed E-state index contributed by atoms with van der Waals surface area (Å²) in [5.74, 6) is -0.145. The molecule has 4 nitrogen and oxygen atoms in total. The van der Waals surface area contributed by atoms with E-state index in [1.165, 1.54) is 12.8 Å². The van der Waals surface area contributed by atoms with Crippen molar-refractivity contribution >= 4 is 23.1 Å². The Balaban J connectivity index is 1.86. The van der Waals surface area contributed by atoms with E-state index in [1.807, 2.05) is 11.8 Å². The van der Waals surface area contributed by atoms with Crippen LogP contribution in [0.2, 0.25) is 0 Å². The van der Waals surface area contributed by atoms with Crippen molar-refractivity contribution in [2.45, 2.75) is 32.2 Å². The standard InChI is InChI=1S/C12H21N3OS/c1-2-10(11(13)17)12(16)15-7-5-14(6-8-15)9-3-4-9/h9-10H,2-8H2,1H3,(H2,13,17). The van der Waals surface area contributed by atoms with Crippen molar-refractivity contribution in [2.24, 2.45) is 11.7 Å². The third kappa shape index (κ3) is 2.96. The minimum Gasteiger partial charge on any atom is -0.393 e. The van der Waals surface area contributed by atoms with Gasteiger partial charge in [-0.05, 0) is 19.3 Å². The maximum atomic E-state index is 12.2. The molecule has 1 saturated carbocycles. The molecule has 5 heteroatoms. The number of nitrogens with zero attached hydrogens (tertiary/aromatic N) is 2. The topological polar surface area (TPSA) is 49.6 Å². The van der Waals surface area contributed by atoms with Gasteiger partial charge in [-0.25, -0.2) is 0 Å². The van der Waals surface area contributed by atoms with Crippen LogP contribution < -0.4 is 5.73 Å². The molecule has 1 aliphatic heterocycles. The molecular weight excluding hydrogens is 234 g/mol. The van der Waals surface area contributed by atoms with Crippen LogP contribution in [0.25, 0.3) is 0 Å². The smallest absolute Gasteiger partial charge is 0.232 e. The summed E-state index contributed by atoms with van der Waals surface area (Å²) in [4.78, 5) is 17.0. The van der Waals surface area contributed by atoms with Crippen molar-refractivity contribution in [3.8, 4) is 0 Å². The summed E-state index contributed by atoms with van der Waals surface area (Å²) in [6.07, 6.45) is 3.37. The Hall–Kier alpha value is -0.680. The normalized spacial score (nSPS) is 23.5. The summed E-state index contributed by atoms with van der Waals surface area (Å²) < 4.78 is 0. The van der Waals surface area contributed by atoms with Crippen LogP contribution in [0.5, 0.6) is 0 Å². The van der Waals surface area contributed by atoms with Gasteiger partial charge in [0.25, 0.3) is 0 Å². The van der Waals surface area contributed by atoms with E-state index in [2.05, 4.69) is 4.90 Å². The van der Waals surface area contributed by atoms with E-state index in [0.717, 1.165) is 32.2 Å². The lowest BCUT2D eigenvalue weighted by molar-refractivity contribution is -0.135. The number of hydrogen-bond donors (Lipinski definition) is 1. The Labute approximate surface area is 108 Å². The lowest BCUT2D eigenvalue weighted by Gasteiger charge is -2.36. The second kappa shape index (κ2) is 5.31. The number of hydrogen-bond acceptors (Lipinski definition) is 3. The quantitative estimate of drug-likeness (QED) is 0.748. The number of amides is 1. The second-order valence-corrected chi connectivity index (χ2v) is 5.43. The molecule has 0 aromatic heterocycles. The van der Waals surface area contributed by atoms with Crippen LogP contribution in [-0.2, 0) is 4.79 Å². The zero-order valence-electron chi connectivity index (χ0n) is 10.4. The molecule has 1 unspecified atom stereocenters. The largest absolute Gasteiger partial charge is 0.393 e. The minimum absolute atomic E-state index is 0.121. The van der Waals surface area contributed by atoms with Crippen molar-refractivity contribution in [1.29, 1.82) is 0 Å². The molecule has 0 bridgehead atoms. The van der Waals surface area contributed by atoms with E-state index in [4.69, 9.17) is 18.0 Å². The molecule has 2 aliphatic rings. The molecule has 1 aliphatic carbocycles. The van der Waals surface area contributed by atoms with Gasteiger partial charge in [-0.1, -0.05) is 19.1 Å². The average molecular weight is 255 g/mol. The highest BCUT2D eigenvalue weighted by Crippen LogP contribution is 2.27. The van der Waals surface area contributed by atoms with Crippen LogP contribution in [0.3, 0.4) is 0 Å². The van der Waals surface area contributed by atoms with E-state index < -0.39 is 0 Å². The summed E-state index contributed by atoms with van der Waals surface area (Å²) in [5.41, 5.74) is 5.61. The molecule has 17 heavy (non-hydrogen) atoms. The molecular formula is C12H21N3OS. The van der Waals surface area contributed by atoms with E-state index in [9.17, 15) is 4.79 Å². The second-order valence-electron chi connectivity index (χ2n) is 4.96. The maximum absolute atomic E-state index is 12.2. The van der Waals surface area contributed by atoms with Gasteiger partial charge >= 0.3 is 0 Å². The molecule has 0 spiro atoms. The molecule has 2 fully saturated rings. The van der Waals surface area contributed by atoms with E-state index in [-0.39, 0.29) is 11.8 Å². The molecule has 1 amide bonds. The van der Waals surface area contributed by atoms with Crippen LogP contribution in [0, 0.1) is 5.92 Å². The van der Waals surface area contributed by atoms with Gasteiger partial charge < -0.3 is 10.6 Å². The predicted molar refractivity (Wildman–Crippen MR) is 71.7 cm³/mol. The third-order valence-electron chi connectivity index (χ3n) is 3.74. The Morgan fingerprint density at radius 2 is 1.94 bits per heavy atom. The van der Waals surface area contributed by atoms with Gasteiger partial charge in [0.1, 0.15) is 0 Å². The van der Waals surface area contributed by atoms with Crippen molar-refractivity contribution in [3.05, 3.63) is 0 Å². The lowest BCUT2D eigenvalue weighted by Crippen LogP contribution is -2.52. The van der Waals surface area contributed by atoms with Crippen LogP contribution in [0.4, 0.5) is 0 Å². The van der Waals surface area contributed by atoms with Gasteiger partial charge in [0.2, 0.25) is 5.91 Å². The highest BCUT2D eigenvalue weighted by molar-refractivity contribution is 7.80. The zero-order valence-corrected chi connectivity index (χ0v) is 11.2. The summed E-state index contributed by atoms with van der Waals surface area (Å²) in [6.45, 7) is 5.62. The first-order valence-electron chi connectivity index (χ1n) is 6.45. The average Bonchev–Trinajstić information content (AvgIpc) is 3.13. The number of rotatable bonds is 4. The molecule has 1 heterocycles. The molecule has 1 atom stereocenters. The summed E-state index contributed by atoms with van der Waals surface area (Å²) in [5, 5.41) is 0. The van der Waals surface area contributed by atoms with Crippen molar-refractivity contribution in [1.82, 2.24) is 9.80 Å². The number of thiocarbonyl (C=S) groups is 1. The molecule has 0 radical (unpaired) electrons. The Morgan fingerprint density at radius 1 is 1.35 bits per heavy atom. The Kier molecular flexibility index (Phi) is 3.99. The highest BCUT2D eigenvalue weighted by Gasteiger charge is 2.33. The molecule has 2 N–H and O–H groups in total. The summed E-state index contributed by atoms with van der Waals surface area (Å²) in [7, 11) is 0. The molecule has 2 rings (SSSR count). The SMILES string of the molecule is CCC(C(=O)N1CCN(C2CC2)CC1)C(N)=S. The van der Waals surface area contributed by atoms with Crippen molar-refractivity contribution in [3.63, 3.8) is 0 Å². The van der Waals surface area contributed by atoms with Gasteiger partial charge in [0.15, 0.2) is 0 Å². The number of carbonyl (C=O) groups excluding carboxylic acids is 1. The fraction of sp³-hybridized carbons (Fsp3) is 0.833. The van der Waals surface area contributed by atoms with Crippen molar-refractivity contribution in [2.75, 3.05) is 26.2 Å². The first-order valence-corrected chi connectivity index (χ1v) is 6.86. The maximum Gasteiger partial charge on any atom is 0.232 e. The molecule has 0 aromatic carbocycles. The fourth-order valence-electron chi connectivity index (χ4n) is 2.47. The van der Waals surface area contributed by atoms with Gasteiger partial charge in [0.05, 0.1) is 10.9 Å². The van der Waals surface area contributed by atoms with Gasteiger partial charge in [0, 0.05) is 32.2 Å². The number of carbonyl (C=O) groups is 1. The van der Waals surface area contributed by atoms with E-state index >= 15 is 0 Å². The lowest BCUT2D eigenvalue weighted by atomic mass is 10.0. The predicted octanol–water partition coefficient (Wildman–Crippen LogP) is 0.605. The number of nitrogens with two attached hydrogens (primary N) is 1. The van der Waals surface area contributed by atoms with Gasteiger partial charge in [-0.3, -0.25) is 9.69 Å². The van der Waals surface area contributed by atoms with Crippen LogP contribution >= 0.6 is 12.2 Å². The van der Waals surface area contributed by atoms with Crippen LogP contribution in [0.15, 0.2) is 0 Å². The first-order chi connectivity index (χ1) is 8.13. The Bertz CT molecular complexity index is 309. The van der Waals surface area contributed by atoms with Crippen molar-refractivity contribution < 1.29 is 4.79 Å². The van der Waals surface area contributed by atoms with Crippen LogP contribution in [-0.4, -0.2) is 52.9 Å². The van der Waals surface area contributed by atoms with E-state index in [0.29, 0.717) is 11.4 Å². The molecule has 1 saturated heterocycles. The van der Waals surface area contributed by atoms with E-state index in [1.54, 1.807) is 0 Å². The summed E-state index contributed by atoms with van der Waals surface area (Å²) in [6, 6.07) is 0.796. The fourth-order valence-corrected chi connectivity index (χ4v) is 2.73. The van der Waals surface area contributed by atoms with Gasteiger partial charge in [-0.2, -0.15) is 0 Å². The Morgan fingerprint density at radius 3 is 2.35 bits per heavy atom. The first kappa shape index (κ1) is 12.8. The number of piperazine rings is 1.